The van der Waals surface area contributed by atoms with Gasteiger partial charge in [-0.25, -0.2) is 4.79 Å². The number of pyridine rings is 1. The first-order valence-corrected chi connectivity index (χ1v) is 6.62. The lowest BCUT2D eigenvalue weighted by Crippen LogP contribution is -2.40. The molecule has 0 aromatic carbocycles. The minimum atomic E-state index is -0.830. The van der Waals surface area contributed by atoms with Crippen LogP contribution in [0.3, 0.4) is 0 Å². The van der Waals surface area contributed by atoms with E-state index in [2.05, 4.69) is 4.98 Å². The van der Waals surface area contributed by atoms with Gasteiger partial charge in [-0.15, -0.1) is 0 Å². The maximum absolute atomic E-state index is 12.2. The normalized spacial score (nSPS) is 18.1. The second-order valence-electron chi connectivity index (χ2n) is 5.18. The summed E-state index contributed by atoms with van der Waals surface area (Å²) in [5.74, 6) is -1.27. The number of hydrogen-bond acceptors (Lipinski definition) is 3. The highest BCUT2D eigenvalue weighted by molar-refractivity contribution is 5.77. The second kappa shape index (κ2) is 5.90. The van der Waals surface area contributed by atoms with E-state index in [9.17, 15) is 9.59 Å². The van der Waals surface area contributed by atoms with Crippen molar-refractivity contribution in [3.8, 4) is 0 Å². The van der Waals surface area contributed by atoms with Crippen molar-refractivity contribution in [3.05, 3.63) is 29.6 Å². The largest absolute Gasteiger partial charge is 0.481 e. The first-order chi connectivity index (χ1) is 9.47. The van der Waals surface area contributed by atoms with E-state index in [1.54, 1.807) is 16.8 Å². The molecule has 1 saturated heterocycles. The topological polar surface area (TPSA) is 73.7 Å². The molecule has 0 radical (unpaired) electrons. The van der Waals surface area contributed by atoms with E-state index in [4.69, 9.17) is 5.11 Å². The Morgan fingerprint density at radius 2 is 2.25 bits per heavy atom. The van der Waals surface area contributed by atoms with Gasteiger partial charge in [0.25, 0.3) is 0 Å². The highest BCUT2D eigenvalue weighted by Gasteiger charge is 2.32. The van der Waals surface area contributed by atoms with Gasteiger partial charge in [-0.1, -0.05) is 6.07 Å². The predicted octanol–water partition coefficient (Wildman–Crippen LogP) is 1.35. The third kappa shape index (κ3) is 3.26. The van der Waals surface area contributed by atoms with Crippen LogP contribution in [0.1, 0.15) is 17.8 Å². The Morgan fingerprint density at radius 3 is 2.85 bits per heavy atom. The monoisotopic (exact) mass is 277 g/mol. The van der Waals surface area contributed by atoms with Crippen molar-refractivity contribution in [2.24, 2.45) is 5.92 Å². The number of carbonyl (C=O) groups is 2. The van der Waals surface area contributed by atoms with E-state index >= 15 is 0 Å². The van der Waals surface area contributed by atoms with Crippen LogP contribution < -0.4 is 0 Å². The Hall–Kier alpha value is -2.11. The lowest BCUT2D eigenvalue weighted by molar-refractivity contribution is -0.141. The van der Waals surface area contributed by atoms with Gasteiger partial charge >= 0.3 is 12.0 Å². The van der Waals surface area contributed by atoms with Crippen LogP contribution in [0, 0.1) is 12.8 Å². The minimum Gasteiger partial charge on any atom is -0.481 e. The molecule has 1 fully saturated rings. The number of carboxylic acids is 1. The molecule has 1 unspecified atom stereocenters. The quantitative estimate of drug-likeness (QED) is 0.905. The van der Waals surface area contributed by atoms with Crippen molar-refractivity contribution in [1.82, 2.24) is 14.8 Å². The average Bonchev–Trinajstić information content (AvgIpc) is 2.87. The summed E-state index contributed by atoms with van der Waals surface area (Å²) in [7, 11) is 1.71. The van der Waals surface area contributed by atoms with Crippen molar-refractivity contribution in [3.63, 3.8) is 0 Å². The Bertz CT molecular complexity index is 518. The highest BCUT2D eigenvalue weighted by Crippen LogP contribution is 2.18. The molecule has 1 aliphatic heterocycles. The lowest BCUT2D eigenvalue weighted by Gasteiger charge is -2.24. The number of carbonyl (C=O) groups excluding carboxylic acids is 1. The molecule has 0 bridgehead atoms. The van der Waals surface area contributed by atoms with Crippen molar-refractivity contribution >= 4 is 12.0 Å². The fraction of sp³-hybridized carbons (Fsp3) is 0.500. The molecule has 0 spiro atoms. The van der Waals surface area contributed by atoms with E-state index in [1.165, 1.54) is 0 Å². The molecule has 0 aliphatic carbocycles. The predicted molar refractivity (Wildman–Crippen MR) is 73.2 cm³/mol. The van der Waals surface area contributed by atoms with Gasteiger partial charge in [-0.2, -0.15) is 0 Å². The van der Waals surface area contributed by atoms with Crippen LogP contribution in [0.4, 0.5) is 4.79 Å². The molecular formula is C14H19N3O3. The number of rotatable bonds is 3. The van der Waals surface area contributed by atoms with E-state index in [0.717, 1.165) is 11.4 Å². The fourth-order valence-electron chi connectivity index (χ4n) is 2.38. The Balaban J connectivity index is 1.94. The van der Waals surface area contributed by atoms with Crippen molar-refractivity contribution in [2.45, 2.75) is 19.9 Å². The second-order valence-corrected chi connectivity index (χ2v) is 5.18. The number of aliphatic carboxylic acids is 1. The van der Waals surface area contributed by atoms with Crippen LogP contribution in [0.25, 0.3) is 0 Å². The number of aromatic nitrogens is 1. The van der Waals surface area contributed by atoms with Crippen molar-refractivity contribution in [2.75, 3.05) is 20.1 Å². The average molecular weight is 277 g/mol. The molecule has 1 N–H and O–H groups in total. The van der Waals surface area contributed by atoms with Crippen LogP contribution in [0.15, 0.2) is 18.2 Å². The molecule has 2 rings (SSSR count). The van der Waals surface area contributed by atoms with E-state index in [1.807, 2.05) is 25.1 Å². The van der Waals surface area contributed by atoms with Crippen LogP contribution in [-0.2, 0) is 11.3 Å². The molecule has 2 amide bonds. The van der Waals surface area contributed by atoms with E-state index in [-0.39, 0.29) is 6.03 Å². The van der Waals surface area contributed by atoms with Crippen LogP contribution in [-0.4, -0.2) is 52.0 Å². The van der Waals surface area contributed by atoms with Gasteiger partial charge in [0.1, 0.15) is 0 Å². The molecule has 6 nitrogen and oxygen atoms in total. The summed E-state index contributed by atoms with van der Waals surface area (Å²) in [6, 6.07) is 5.55. The number of nitrogens with zero attached hydrogens (tertiary/aromatic N) is 3. The summed E-state index contributed by atoms with van der Waals surface area (Å²) in [6.45, 7) is 3.12. The third-order valence-electron chi connectivity index (χ3n) is 3.48. The summed E-state index contributed by atoms with van der Waals surface area (Å²) in [5.41, 5.74) is 1.74. The number of carboxylic acid groups (broad SMARTS) is 1. The molecule has 1 aromatic rings. The SMILES string of the molecule is Cc1cccc(CN(C)C(=O)N2CCC(C(=O)O)C2)n1. The van der Waals surface area contributed by atoms with Crippen molar-refractivity contribution < 1.29 is 14.7 Å². The van der Waals surface area contributed by atoms with Crippen LogP contribution in [0.2, 0.25) is 0 Å². The van der Waals surface area contributed by atoms with Gasteiger partial charge in [-0.05, 0) is 25.5 Å². The van der Waals surface area contributed by atoms with Crippen LogP contribution in [0.5, 0.6) is 0 Å². The van der Waals surface area contributed by atoms with Crippen LogP contribution >= 0.6 is 0 Å². The summed E-state index contributed by atoms with van der Waals surface area (Å²) >= 11 is 0. The number of hydrogen-bond donors (Lipinski definition) is 1. The minimum absolute atomic E-state index is 0.142. The zero-order chi connectivity index (χ0) is 14.7. The molecule has 0 saturated carbocycles. The zero-order valence-corrected chi connectivity index (χ0v) is 11.7. The maximum Gasteiger partial charge on any atom is 0.320 e. The molecule has 1 atom stereocenters. The van der Waals surface area contributed by atoms with Gasteiger partial charge in [0.05, 0.1) is 18.2 Å². The highest BCUT2D eigenvalue weighted by atomic mass is 16.4. The van der Waals surface area contributed by atoms with Gasteiger partial charge in [0.2, 0.25) is 0 Å². The van der Waals surface area contributed by atoms with Crippen molar-refractivity contribution in [1.29, 1.82) is 0 Å². The number of urea groups is 1. The summed E-state index contributed by atoms with van der Waals surface area (Å²) < 4.78 is 0. The molecule has 2 heterocycles. The first-order valence-electron chi connectivity index (χ1n) is 6.62. The van der Waals surface area contributed by atoms with E-state index < -0.39 is 11.9 Å². The molecular weight excluding hydrogens is 258 g/mol. The number of likely N-dealkylation sites (tertiary alicyclic amines) is 1. The van der Waals surface area contributed by atoms with Gasteiger partial charge in [-0.3, -0.25) is 9.78 Å². The Labute approximate surface area is 118 Å². The summed E-state index contributed by atoms with van der Waals surface area (Å²) in [6.07, 6.45) is 0.525. The Kier molecular flexibility index (Phi) is 4.22. The van der Waals surface area contributed by atoms with Gasteiger partial charge in [0.15, 0.2) is 0 Å². The molecule has 1 aliphatic rings. The first kappa shape index (κ1) is 14.3. The summed E-state index contributed by atoms with van der Waals surface area (Å²) in [4.78, 5) is 30.7. The summed E-state index contributed by atoms with van der Waals surface area (Å²) in [5, 5.41) is 8.96. The Morgan fingerprint density at radius 1 is 1.50 bits per heavy atom. The molecule has 6 heteroatoms. The molecule has 108 valence electrons. The number of aryl methyl sites for hydroxylation is 1. The number of amides is 2. The van der Waals surface area contributed by atoms with E-state index in [0.29, 0.717) is 26.1 Å². The third-order valence-corrected chi connectivity index (χ3v) is 3.48. The van der Waals surface area contributed by atoms with Gasteiger partial charge in [0, 0.05) is 25.8 Å². The lowest BCUT2D eigenvalue weighted by atomic mass is 10.1. The molecule has 1 aromatic heterocycles. The maximum atomic E-state index is 12.2. The zero-order valence-electron chi connectivity index (χ0n) is 11.7. The molecule has 20 heavy (non-hydrogen) atoms. The fourth-order valence-corrected chi connectivity index (χ4v) is 2.38. The van der Waals surface area contributed by atoms with Gasteiger partial charge < -0.3 is 14.9 Å². The smallest absolute Gasteiger partial charge is 0.320 e. The standard InChI is InChI=1S/C14H19N3O3/c1-10-4-3-5-12(15-10)9-16(2)14(20)17-7-6-11(8-17)13(18)19/h3-5,11H,6-9H2,1-2H3,(H,18,19).